The first-order valence-electron chi connectivity index (χ1n) is 11.2. The lowest BCUT2D eigenvalue weighted by Crippen LogP contribution is -2.34. The number of carbonyl (C=O) groups is 2. The lowest BCUT2D eigenvalue weighted by atomic mass is 10.0. The van der Waals surface area contributed by atoms with Gasteiger partial charge in [-0.1, -0.05) is 91.0 Å². The van der Waals surface area contributed by atoms with Gasteiger partial charge in [-0.15, -0.1) is 5.10 Å². The number of benzene rings is 3. The van der Waals surface area contributed by atoms with Crippen LogP contribution in [0.15, 0.2) is 91.0 Å². The number of hydrogen-bond donors (Lipinski definition) is 2. The summed E-state index contributed by atoms with van der Waals surface area (Å²) in [7, 11) is 0. The Labute approximate surface area is 202 Å². The number of aromatic nitrogens is 4. The van der Waals surface area contributed by atoms with Gasteiger partial charge >= 0.3 is 12.1 Å². The highest BCUT2D eigenvalue weighted by Crippen LogP contribution is 2.22. The zero-order chi connectivity index (χ0) is 24.5. The number of carboxylic acids is 1. The van der Waals surface area contributed by atoms with Crippen LogP contribution in [0.4, 0.5) is 4.79 Å². The van der Waals surface area contributed by atoms with Crippen molar-refractivity contribution in [3.8, 4) is 0 Å². The normalized spacial score (nSPS) is 12.5. The number of tetrazole rings is 1. The highest BCUT2D eigenvalue weighted by molar-refractivity contribution is 5.72. The molecule has 2 unspecified atom stereocenters. The molecule has 0 fully saturated rings. The van der Waals surface area contributed by atoms with Crippen LogP contribution < -0.4 is 5.32 Å². The van der Waals surface area contributed by atoms with E-state index in [-0.39, 0.29) is 18.9 Å². The van der Waals surface area contributed by atoms with Gasteiger partial charge in [-0.2, -0.15) is 0 Å². The highest BCUT2D eigenvalue weighted by Gasteiger charge is 2.30. The van der Waals surface area contributed by atoms with E-state index in [0.717, 1.165) is 16.7 Å². The first kappa shape index (κ1) is 23.6. The zero-order valence-corrected chi connectivity index (χ0v) is 18.9. The summed E-state index contributed by atoms with van der Waals surface area (Å²) in [5.74, 6) is -0.846. The molecule has 2 N–H and O–H groups in total. The van der Waals surface area contributed by atoms with Gasteiger partial charge < -0.3 is 15.2 Å². The van der Waals surface area contributed by atoms with Gasteiger partial charge in [0, 0.05) is 12.8 Å². The first-order valence-corrected chi connectivity index (χ1v) is 11.2. The Bertz CT molecular complexity index is 1230. The van der Waals surface area contributed by atoms with Crippen molar-refractivity contribution in [1.29, 1.82) is 0 Å². The van der Waals surface area contributed by atoms with Crippen molar-refractivity contribution in [2.75, 3.05) is 0 Å². The fourth-order valence-electron chi connectivity index (χ4n) is 3.73. The van der Waals surface area contributed by atoms with Gasteiger partial charge in [-0.05, 0) is 27.1 Å². The summed E-state index contributed by atoms with van der Waals surface area (Å²) in [4.78, 5) is 24.9. The third-order valence-electron chi connectivity index (χ3n) is 5.47. The van der Waals surface area contributed by atoms with E-state index in [1.165, 1.54) is 4.68 Å². The Balaban J connectivity index is 1.57. The summed E-state index contributed by atoms with van der Waals surface area (Å²) >= 11 is 0. The molecule has 2 atom stereocenters. The smallest absolute Gasteiger partial charge is 0.408 e. The van der Waals surface area contributed by atoms with Crippen molar-refractivity contribution in [2.24, 2.45) is 0 Å². The van der Waals surface area contributed by atoms with Crippen LogP contribution in [0.3, 0.4) is 0 Å². The molecule has 178 valence electrons. The molecule has 0 aliphatic carbocycles. The third-order valence-corrected chi connectivity index (χ3v) is 5.47. The average molecular weight is 472 g/mol. The molecule has 1 amide bonds. The molecular weight excluding hydrogens is 446 g/mol. The molecule has 0 saturated carbocycles. The average Bonchev–Trinajstić information content (AvgIpc) is 3.37. The maximum Gasteiger partial charge on any atom is 0.408 e. The molecule has 1 heterocycles. The van der Waals surface area contributed by atoms with Gasteiger partial charge in [-0.3, -0.25) is 0 Å². The van der Waals surface area contributed by atoms with Gasteiger partial charge in [-0.25, -0.2) is 14.3 Å². The van der Waals surface area contributed by atoms with E-state index in [9.17, 15) is 14.7 Å². The monoisotopic (exact) mass is 471 g/mol. The lowest BCUT2D eigenvalue weighted by molar-refractivity contribution is -0.141. The van der Waals surface area contributed by atoms with Crippen LogP contribution in [-0.4, -0.2) is 37.4 Å². The number of alkyl carbamates (subject to hydrolysis) is 1. The summed E-state index contributed by atoms with van der Waals surface area (Å²) in [6.45, 7) is 0.0986. The number of carbonyl (C=O) groups excluding carboxylic acids is 1. The highest BCUT2D eigenvalue weighted by atomic mass is 16.5. The van der Waals surface area contributed by atoms with Gasteiger partial charge in [0.1, 0.15) is 6.61 Å². The van der Waals surface area contributed by atoms with Gasteiger partial charge in [0.2, 0.25) is 0 Å². The van der Waals surface area contributed by atoms with E-state index >= 15 is 0 Å². The molecule has 0 spiro atoms. The number of ether oxygens (including phenoxy) is 1. The van der Waals surface area contributed by atoms with E-state index in [2.05, 4.69) is 20.8 Å². The second-order valence-corrected chi connectivity index (χ2v) is 7.97. The van der Waals surface area contributed by atoms with Gasteiger partial charge in [0.15, 0.2) is 11.9 Å². The molecule has 9 nitrogen and oxygen atoms in total. The van der Waals surface area contributed by atoms with Crippen LogP contribution in [0.25, 0.3) is 0 Å². The number of amides is 1. The molecule has 0 bridgehead atoms. The lowest BCUT2D eigenvalue weighted by Gasteiger charge is -2.21. The molecule has 3 aromatic carbocycles. The molecule has 4 aromatic rings. The molecule has 0 radical (unpaired) electrons. The molecule has 35 heavy (non-hydrogen) atoms. The van der Waals surface area contributed by atoms with E-state index in [1.54, 1.807) is 0 Å². The predicted octanol–water partition coefficient (Wildman–Crippen LogP) is 3.75. The van der Waals surface area contributed by atoms with Crippen molar-refractivity contribution in [3.63, 3.8) is 0 Å². The summed E-state index contributed by atoms with van der Waals surface area (Å²) in [6, 6.07) is 26.3. The van der Waals surface area contributed by atoms with Crippen molar-refractivity contribution < 1.29 is 19.4 Å². The molecule has 0 saturated heterocycles. The maximum atomic E-state index is 12.7. The second kappa shape index (κ2) is 11.6. The number of rotatable bonds is 10. The Morgan fingerprint density at radius 3 is 1.94 bits per heavy atom. The van der Waals surface area contributed by atoms with Crippen LogP contribution in [0.2, 0.25) is 0 Å². The third kappa shape index (κ3) is 6.50. The van der Waals surface area contributed by atoms with Crippen molar-refractivity contribution in [1.82, 2.24) is 25.5 Å². The Morgan fingerprint density at radius 1 is 0.829 bits per heavy atom. The van der Waals surface area contributed by atoms with Crippen LogP contribution >= 0.6 is 0 Å². The Hall–Kier alpha value is -4.53. The van der Waals surface area contributed by atoms with Crippen LogP contribution in [0.5, 0.6) is 0 Å². The van der Waals surface area contributed by atoms with Crippen molar-refractivity contribution in [3.05, 3.63) is 114 Å². The molecule has 1 aromatic heterocycles. The molecule has 0 aliphatic rings. The predicted molar refractivity (Wildman–Crippen MR) is 127 cm³/mol. The maximum absolute atomic E-state index is 12.7. The fraction of sp³-hybridized carbons (Fsp3) is 0.192. The zero-order valence-electron chi connectivity index (χ0n) is 18.9. The summed E-state index contributed by atoms with van der Waals surface area (Å²) < 4.78 is 6.66. The topological polar surface area (TPSA) is 119 Å². The summed E-state index contributed by atoms with van der Waals surface area (Å²) in [5.41, 5.74) is 2.60. The van der Waals surface area contributed by atoms with E-state index in [1.807, 2.05) is 91.0 Å². The van der Waals surface area contributed by atoms with E-state index in [4.69, 9.17) is 4.74 Å². The number of nitrogens with one attached hydrogen (secondary N) is 1. The molecule has 0 aliphatic heterocycles. The van der Waals surface area contributed by atoms with Crippen molar-refractivity contribution >= 4 is 12.1 Å². The second-order valence-electron chi connectivity index (χ2n) is 7.97. The van der Waals surface area contributed by atoms with Crippen LogP contribution in [-0.2, 0) is 29.0 Å². The number of aliphatic carboxylic acids is 1. The first-order chi connectivity index (χ1) is 17.1. The molecule has 4 rings (SSSR count). The van der Waals surface area contributed by atoms with Gasteiger partial charge in [0.05, 0.1) is 6.04 Å². The Morgan fingerprint density at radius 2 is 1.37 bits per heavy atom. The summed E-state index contributed by atoms with van der Waals surface area (Å²) in [5, 5.41) is 24.6. The van der Waals surface area contributed by atoms with E-state index < -0.39 is 24.1 Å². The number of nitrogens with zero attached hydrogens (tertiary/aromatic N) is 4. The summed E-state index contributed by atoms with van der Waals surface area (Å²) in [6.07, 6.45) is -0.122. The standard InChI is InChI=1S/C26H25N5O4/c32-25(33)23(17-20-12-6-2-7-13-20)31-24(28-29-30-31)22(16-19-10-4-1-5-11-19)27-26(34)35-18-21-14-8-3-9-15-21/h1-15,22-23H,16-18H2,(H,27,34)(H,32,33). The van der Waals surface area contributed by atoms with Gasteiger partial charge in [0.25, 0.3) is 0 Å². The Kier molecular flexibility index (Phi) is 7.80. The minimum Gasteiger partial charge on any atom is -0.480 e. The largest absolute Gasteiger partial charge is 0.480 e. The minimum atomic E-state index is -1.08. The van der Waals surface area contributed by atoms with Crippen molar-refractivity contribution in [2.45, 2.75) is 31.5 Å². The quantitative estimate of drug-likeness (QED) is 0.361. The fourth-order valence-corrected chi connectivity index (χ4v) is 3.73. The molecular formula is C26H25N5O4. The van der Waals surface area contributed by atoms with E-state index in [0.29, 0.717) is 6.42 Å². The SMILES string of the molecule is O=C(NC(Cc1ccccc1)c1nnnn1C(Cc1ccccc1)C(=O)O)OCc1ccccc1. The molecule has 9 heteroatoms. The van der Waals surface area contributed by atoms with Crippen LogP contribution in [0, 0.1) is 0 Å². The number of hydrogen-bond acceptors (Lipinski definition) is 6. The van der Waals surface area contributed by atoms with Crippen LogP contribution in [0.1, 0.15) is 34.6 Å². The minimum absolute atomic E-state index is 0.0986. The number of carboxylic acid groups (broad SMARTS) is 1.